The summed E-state index contributed by atoms with van der Waals surface area (Å²) in [5.74, 6) is 1.13. The predicted molar refractivity (Wildman–Crippen MR) is 103 cm³/mol. The van der Waals surface area contributed by atoms with Gasteiger partial charge < -0.3 is 19.3 Å². The smallest absolute Gasteiger partial charge is 0.254 e. The highest BCUT2D eigenvalue weighted by Gasteiger charge is 2.35. The van der Waals surface area contributed by atoms with E-state index in [4.69, 9.17) is 9.47 Å². The lowest BCUT2D eigenvalue weighted by Crippen LogP contribution is -2.57. The van der Waals surface area contributed by atoms with Crippen molar-refractivity contribution in [1.29, 1.82) is 0 Å². The molecule has 27 heavy (non-hydrogen) atoms. The molecule has 142 valence electrons. The first-order valence-electron chi connectivity index (χ1n) is 9.04. The molecule has 1 heterocycles. The third-order valence-electron chi connectivity index (χ3n) is 4.69. The van der Waals surface area contributed by atoms with E-state index in [0.29, 0.717) is 31.0 Å². The molecule has 0 aromatic heterocycles. The predicted octanol–water partition coefficient (Wildman–Crippen LogP) is 2.97. The quantitative estimate of drug-likeness (QED) is 0.814. The molecule has 0 radical (unpaired) electrons. The van der Waals surface area contributed by atoms with Crippen LogP contribution < -0.4 is 14.4 Å². The lowest BCUT2D eigenvalue weighted by atomic mass is 10.1. The number of carbonyl (C=O) groups is 2. The van der Waals surface area contributed by atoms with Crippen LogP contribution >= 0.6 is 0 Å². The highest BCUT2D eigenvalue weighted by molar-refractivity contribution is 6.03. The summed E-state index contributed by atoms with van der Waals surface area (Å²) in [6, 6.07) is 13.9. The number of rotatable bonds is 5. The third kappa shape index (κ3) is 3.89. The van der Waals surface area contributed by atoms with Crippen molar-refractivity contribution in [2.75, 3.05) is 31.7 Å². The van der Waals surface area contributed by atoms with Crippen molar-refractivity contribution in [3.63, 3.8) is 0 Å². The number of nitrogens with zero attached hydrogens (tertiary/aromatic N) is 2. The lowest BCUT2D eigenvalue weighted by Gasteiger charge is -2.39. The molecule has 0 aliphatic carbocycles. The van der Waals surface area contributed by atoms with E-state index in [1.807, 2.05) is 31.2 Å². The van der Waals surface area contributed by atoms with Crippen molar-refractivity contribution in [3.8, 4) is 11.5 Å². The second kappa shape index (κ2) is 8.12. The molecule has 1 saturated heterocycles. The van der Waals surface area contributed by atoms with Gasteiger partial charge in [-0.3, -0.25) is 9.59 Å². The first-order chi connectivity index (χ1) is 13.0. The van der Waals surface area contributed by atoms with Crippen LogP contribution in [0, 0.1) is 0 Å². The van der Waals surface area contributed by atoms with Crippen LogP contribution in [0.1, 0.15) is 24.2 Å². The fourth-order valence-electron chi connectivity index (χ4n) is 3.22. The Bertz CT molecular complexity index is 819. The molecule has 0 bridgehead atoms. The Morgan fingerprint density at radius 3 is 2.52 bits per heavy atom. The van der Waals surface area contributed by atoms with Crippen LogP contribution in [0.15, 0.2) is 48.5 Å². The van der Waals surface area contributed by atoms with Crippen LogP contribution in [0.2, 0.25) is 0 Å². The topological polar surface area (TPSA) is 59.1 Å². The minimum absolute atomic E-state index is 0.0957. The van der Waals surface area contributed by atoms with Crippen LogP contribution in [0.4, 0.5) is 5.69 Å². The highest BCUT2D eigenvalue weighted by atomic mass is 16.5. The van der Waals surface area contributed by atoms with E-state index in [1.165, 1.54) is 0 Å². The van der Waals surface area contributed by atoms with Crippen molar-refractivity contribution in [2.24, 2.45) is 0 Å². The number of piperazine rings is 1. The average Bonchev–Trinajstić information content (AvgIpc) is 2.70. The van der Waals surface area contributed by atoms with E-state index in [2.05, 4.69) is 0 Å². The summed E-state index contributed by atoms with van der Waals surface area (Å²) in [5, 5.41) is 0. The van der Waals surface area contributed by atoms with Gasteiger partial charge in [-0.25, -0.2) is 0 Å². The zero-order valence-electron chi connectivity index (χ0n) is 15.8. The van der Waals surface area contributed by atoms with E-state index >= 15 is 0 Å². The van der Waals surface area contributed by atoms with E-state index in [-0.39, 0.29) is 11.8 Å². The van der Waals surface area contributed by atoms with E-state index in [1.54, 1.807) is 48.1 Å². The number of ether oxygens (including phenoxy) is 2. The third-order valence-corrected chi connectivity index (χ3v) is 4.69. The van der Waals surface area contributed by atoms with Crippen molar-refractivity contribution >= 4 is 17.5 Å². The van der Waals surface area contributed by atoms with Gasteiger partial charge in [0, 0.05) is 24.3 Å². The molecule has 6 heteroatoms. The van der Waals surface area contributed by atoms with E-state index in [0.717, 1.165) is 11.4 Å². The Morgan fingerprint density at radius 2 is 1.85 bits per heavy atom. The van der Waals surface area contributed by atoms with Crippen molar-refractivity contribution < 1.29 is 19.1 Å². The standard InChI is InChI=1S/C21H24N2O4/c1-4-27-18-10-8-17(9-11-18)23-13-12-22(15(2)20(23)24)21(25)16-6-5-7-19(14-16)26-3/h5-11,14-15H,4,12-13H2,1-3H3. The van der Waals surface area contributed by atoms with Crippen LogP contribution in [-0.2, 0) is 4.79 Å². The average molecular weight is 368 g/mol. The molecule has 1 fully saturated rings. The Balaban J connectivity index is 1.74. The van der Waals surface area contributed by atoms with Gasteiger partial charge in [0.2, 0.25) is 5.91 Å². The SMILES string of the molecule is CCOc1ccc(N2CCN(C(=O)c3cccc(OC)c3)C(C)C2=O)cc1. The van der Waals surface area contributed by atoms with Crippen LogP contribution in [0.5, 0.6) is 11.5 Å². The minimum Gasteiger partial charge on any atom is -0.497 e. The Morgan fingerprint density at radius 1 is 1.11 bits per heavy atom. The summed E-state index contributed by atoms with van der Waals surface area (Å²) in [7, 11) is 1.56. The number of benzene rings is 2. The number of carbonyl (C=O) groups excluding carboxylic acids is 2. The molecule has 1 aliphatic heterocycles. The fourth-order valence-corrected chi connectivity index (χ4v) is 3.22. The van der Waals surface area contributed by atoms with Gasteiger partial charge in [0.05, 0.1) is 13.7 Å². The summed E-state index contributed by atoms with van der Waals surface area (Å²) in [5.41, 5.74) is 1.33. The first kappa shape index (κ1) is 18.8. The van der Waals surface area contributed by atoms with Gasteiger partial charge in [-0.2, -0.15) is 0 Å². The molecule has 6 nitrogen and oxygen atoms in total. The number of amides is 2. The normalized spacial score (nSPS) is 17.0. The molecule has 0 saturated carbocycles. The van der Waals surface area contributed by atoms with Gasteiger partial charge in [0.25, 0.3) is 5.91 Å². The Labute approximate surface area is 159 Å². The van der Waals surface area contributed by atoms with Crippen molar-refractivity contribution in [3.05, 3.63) is 54.1 Å². The zero-order valence-corrected chi connectivity index (χ0v) is 15.8. The molecule has 1 aliphatic rings. The summed E-state index contributed by atoms with van der Waals surface area (Å²) >= 11 is 0. The first-order valence-corrected chi connectivity index (χ1v) is 9.04. The Kier molecular flexibility index (Phi) is 5.64. The summed E-state index contributed by atoms with van der Waals surface area (Å²) < 4.78 is 10.6. The van der Waals surface area contributed by atoms with Gasteiger partial charge in [0.15, 0.2) is 0 Å². The number of hydrogen-bond donors (Lipinski definition) is 0. The summed E-state index contributed by atoms with van der Waals surface area (Å²) in [4.78, 5) is 29.1. The van der Waals surface area contributed by atoms with E-state index in [9.17, 15) is 9.59 Å². The molecule has 0 spiro atoms. The highest BCUT2D eigenvalue weighted by Crippen LogP contribution is 2.25. The van der Waals surface area contributed by atoms with Gasteiger partial charge in [-0.15, -0.1) is 0 Å². The molecular formula is C21H24N2O4. The second-order valence-electron chi connectivity index (χ2n) is 6.32. The van der Waals surface area contributed by atoms with Gasteiger partial charge in [-0.05, 0) is 56.3 Å². The Hall–Kier alpha value is -3.02. The number of methoxy groups -OCH3 is 1. The van der Waals surface area contributed by atoms with Crippen LogP contribution in [-0.4, -0.2) is 49.6 Å². The second-order valence-corrected chi connectivity index (χ2v) is 6.32. The van der Waals surface area contributed by atoms with Gasteiger partial charge in [-0.1, -0.05) is 6.07 Å². The molecular weight excluding hydrogens is 344 g/mol. The molecule has 1 atom stereocenters. The number of anilines is 1. The van der Waals surface area contributed by atoms with Crippen LogP contribution in [0.25, 0.3) is 0 Å². The summed E-state index contributed by atoms with van der Waals surface area (Å²) in [6.45, 7) is 5.21. The molecule has 1 unspecified atom stereocenters. The fraction of sp³-hybridized carbons (Fsp3) is 0.333. The lowest BCUT2D eigenvalue weighted by molar-refractivity contribution is -0.124. The molecule has 2 aromatic rings. The zero-order chi connectivity index (χ0) is 19.4. The molecule has 0 N–H and O–H groups in total. The maximum Gasteiger partial charge on any atom is 0.254 e. The number of hydrogen-bond acceptors (Lipinski definition) is 4. The summed E-state index contributed by atoms with van der Waals surface area (Å²) in [6.07, 6.45) is 0. The van der Waals surface area contributed by atoms with Crippen molar-refractivity contribution in [1.82, 2.24) is 4.90 Å². The van der Waals surface area contributed by atoms with Gasteiger partial charge >= 0.3 is 0 Å². The molecule has 3 rings (SSSR count). The van der Waals surface area contributed by atoms with Gasteiger partial charge in [0.1, 0.15) is 17.5 Å². The monoisotopic (exact) mass is 368 g/mol. The minimum atomic E-state index is -0.538. The largest absolute Gasteiger partial charge is 0.497 e. The maximum atomic E-state index is 12.9. The molecule has 2 amide bonds. The van der Waals surface area contributed by atoms with E-state index < -0.39 is 6.04 Å². The van der Waals surface area contributed by atoms with Crippen molar-refractivity contribution in [2.45, 2.75) is 19.9 Å². The van der Waals surface area contributed by atoms with Crippen LogP contribution in [0.3, 0.4) is 0 Å². The maximum absolute atomic E-state index is 12.9. The molecule has 2 aromatic carbocycles.